The average Bonchev–Trinajstić information content (AvgIpc) is 2.27. The van der Waals surface area contributed by atoms with E-state index in [-0.39, 0.29) is 0 Å². The Morgan fingerprint density at radius 2 is 1.72 bits per heavy atom. The minimum atomic E-state index is -1.55. The van der Waals surface area contributed by atoms with Crippen molar-refractivity contribution in [1.29, 1.82) is 0 Å². The first kappa shape index (κ1) is 15.9. The quantitative estimate of drug-likeness (QED) is 0.543. The molecule has 0 atom stereocenters. The summed E-state index contributed by atoms with van der Waals surface area (Å²) in [5, 5.41) is 0.332. The van der Waals surface area contributed by atoms with Gasteiger partial charge in [-0.3, -0.25) is 0 Å². The molecule has 1 aliphatic rings. The number of nitrogens with zero attached hydrogens (tertiary/aromatic N) is 1. The topological polar surface area (TPSA) is 21.6 Å². The highest BCUT2D eigenvalue weighted by Gasteiger charge is 2.37. The summed E-state index contributed by atoms with van der Waals surface area (Å²) in [7, 11) is 0.334. The lowest BCUT2D eigenvalue weighted by Crippen LogP contribution is -2.42. The van der Waals surface area contributed by atoms with Gasteiger partial charge in [0.2, 0.25) is 0 Å². The molecule has 0 heterocycles. The lowest BCUT2D eigenvalue weighted by molar-refractivity contribution is 0.185. The first-order valence-corrected chi connectivity index (χ1v) is 10.2. The Hall–Kier alpha value is -0.153. The van der Waals surface area contributed by atoms with Gasteiger partial charge in [-0.1, -0.05) is 20.8 Å². The molecule has 0 N–H and O–H groups in total. The Morgan fingerprint density at radius 3 is 2.17 bits per heavy atom. The summed E-state index contributed by atoms with van der Waals surface area (Å²) >= 11 is 0. The smallest absolute Gasteiger partial charge is 0.191 e. The molecule has 0 aromatic carbocycles. The lowest BCUT2D eigenvalue weighted by Gasteiger charge is -2.38. The van der Waals surface area contributed by atoms with Crippen molar-refractivity contribution in [3.8, 4) is 0 Å². The zero-order chi connectivity index (χ0) is 13.8. The molecule has 2 nitrogen and oxygen atoms in total. The molecule has 0 radical (unpaired) electrons. The summed E-state index contributed by atoms with van der Waals surface area (Å²) in [6, 6.07) is 0. The molecule has 18 heavy (non-hydrogen) atoms. The van der Waals surface area contributed by atoms with E-state index in [2.05, 4.69) is 45.1 Å². The monoisotopic (exact) mass is 269 g/mol. The third kappa shape index (κ3) is 4.50. The van der Waals surface area contributed by atoms with E-state index in [0.717, 1.165) is 18.4 Å². The van der Waals surface area contributed by atoms with Gasteiger partial charge in [-0.2, -0.15) is 0 Å². The molecule has 1 saturated carbocycles. The van der Waals surface area contributed by atoms with Crippen LogP contribution < -0.4 is 0 Å². The maximum Gasteiger partial charge on any atom is 0.191 e. The molecule has 0 amide bonds. The van der Waals surface area contributed by atoms with Gasteiger partial charge in [0.05, 0.1) is 0 Å². The fraction of sp³-hybridized carbons (Fsp3) is 0.933. The summed E-state index contributed by atoms with van der Waals surface area (Å²) < 4.78 is 6.33. The van der Waals surface area contributed by atoms with Crippen LogP contribution in [0.4, 0.5) is 0 Å². The van der Waals surface area contributed by atoms with Gasteiger partial charge >= 0.3 is 0 Å². The van der Waals surface area contributed by atoms with Crippen LogP contribution in [0.1, 0.15) is 46.5 Å². The molecule has 0 aliphatic heterocycles. The number of hydrogen-bond donors (Lipinski definition) is 0. The van der Waals surface area contributed by atoms with Gasteiger partial charge in [0.25, 0.3) is 0 Å². The molecule has 106 valence electrons. The highest BCUT2D eigenvalue weighted by Crippen LogP contribution is 2.38. The van der Waals surface area contributed by atoms with E-state index >= 15 is 0 Å². The molecule has 1 rings (SSSR count). The molecule has 3 heteroatoms. The van der Waals surface area contributed by atoms with Crippen LogP contribution in [0, 0.1) is 11.8 Å². The van der Waals surface area contributed by atoms with Crippen molar-refractivity contribution in [3.63, 3.8) is 0 Å². The Kier molecular flexibility index (Phi) is 5.59. The predicted molar refractivity (Wildman–Crippen MR) is 83.0 cm³/mol. The predicted octanol–water partition coefficient (Wildman–Crippen LogP) is 4.52. The van der Waals surface area contributed by atoms with E-state index in [1.54, 1.807) is 0 Å². The van der Waals surface area contributed by atoms with Crippen molar-refractivity contribution < 1.29 is 4.43 Å². The summed E-state index contributed by atoms with van der Waals surface area (Å²) in [4.78, 5) is 4.15. The van der Waals surface area contributed by atoms with Gasteiger partial charge in [-0.15, -0.1) is 0 Å². The standard InChI is InChI=1S/C15H31NOSi/c1-15(2,3)18(5,6)17-12-14-9-7-13(8-10-14)11-16-4/h11,13-14H,7-10,12H2,1-6H3. The van der Waals surface area contributed by atoms with Crippen LogP contribution in [0.15, 0.2) is 4.99 Å². The number of aliphatic imine (C=N–C) groups is 1. The van der Waals surface area contributed by atoms with E-state index in [4.69, 9.17) is 4.43 Å². The maximum atomic E-state index is 6.33. The zero-order valence-electron chi connectivity index (χ0n) is 13.1. The molecular formula is C15H31NOSi. The highest BCUT2D eigenvalue weighted by atomic mass is 28.4. The van der Waals surface area contributed by atoms with Crippen molar-refractivity contribution in [2.75, 3.05) is 13.7 Å². The second-order valence-corrected chi connectivity index (χ2v) is 12.1. The average molecular weight is 270 g/mol. The van der Waals surface area contributed by atoms with Gasteiger partial charge in [-0.25, -0.2) is 0 Å². The van der Waals surface area contributed by atoms with Gasteiger partial charge < -0.3 is 9.42 Å². The van der Waals surface area contributed by atoms with Crippen molar-refractivity contribution >= 4 is 14.5 Å². The Labute approximate surface area is 114 Å². The summed E-state index contributed by atoms with van der Waals surface area (Å²) in [5.74, 6) is 1.50. The van der Waals surface area contributed by atoms with E-state index in [1.807, 2.05) is 7.05 Å². The van der Waals surface area contributed by atoms with Crippen molar-refractivity contribution in [3.05, 3.63) is 0 Å². The fourth-order valence-electron chi connectivity index (χ4n) is 2.26. The molecule has 1 fully saturated rings. The van der Waals surface area contributed by atoms with Crippen LogP contribution in [-0.4, -0.2) is 28.2 Å². The first-order valence-electron chi connectivity index (χ1n) is 7.32. The van der Waals surface area contributed by atoms with Gasteiger partial charge in [0, 0.05) is 19.9 Å². The van der Waals surface area contributed by atoms with Crippen molar-refractivity contribution in [2.24, 2.45) is 16.8 Å². The number of hydrogen-bond acceptors (Lipinski definition) is 2. The zero-order valence-corrected chi connectivity index (χ0v) is 14.1. The lowest BCUT2D eigenvalue weighted by atomic mass is 9.83. The van der Waals surface area contributed by atoms with Crippen LogP contribution in [0.5, 0.6) is 0 Å². The SMILES string of the molecule is CN=CC1CCC(CO[Si](C)(C)C(C)(C)C)CC1. The summed E-state index contributed by atoms with van der Waals surface area (Å²) in [6.45, 7) is 12.6. The van der Waals surface area contributed by atoms with Gasteiger partial charge in [0.15, 0.2) is 8.32 Å². The van der Waals surface area contributed by atoms with E-state index in [0.29, 0.717) is 5.04 Å². The second-order valence-electron chi connectivity index (χ2n) is 7.26. The molecular weight excluding hydrogens is 238 g/mol. The van der Waals surface area contributed by atoms with Crippen molar-refractivity contribution in [1.82, 2.24) is 0 Å². The summed E-state index contributed by atoms with van der Waals surface area (Å²) in [5.41, 5.74) is 0. The molecule has 0 aromatic heterocycles. The van der Waals surface area contributed by atoms with Crippen LogP contribution in [0.3, 0.4) is 0 Å². The van der Waals surface area contributed by atoms with E-state index < -0.39 is 8.32 Å². The first-order chi connectivity index (χ1) is 8.26. The normalized spacial score (nSPS) is 26.8. The molecule has 0 spiro atoms. The summed E-state index contributed by atoms with van der Waals surface area (Å²) in [6.07, 6.45) is 7.34. The third-order valence-electron chi connectivity index (χ3n) is 4.74. The largest absolute Gasteiger partial charge is 0.417 e. The van der Waals surface area contributed by atoms with Crippen LogP contribution in [-0.2, 0) is 4.43 Å². The van der Waals surface area contributed by atoms with Crippen LogP contribution in [0.25, 0.3) is 0 Å². The van der Waals surface area contributed by atoms with E-state index in [1.165, 1.54) is 25.7 Å². The Morgan fingerprint density at radius 1 is 1.17 bits per heavy atom. The minimum Gasteiger partial charge on any atom is -0.417 e. The van der Waals surface area contributed by atoms with Crippen molar-refractivity contribution in [2.45, 2.75) is 64.6 Å². The van der Waals surface area contributed by atoms with Gasteiger partial charge in [-0.05, 0) is 55.7 Å². The number of rotatable bonds is 4. The second kappa shape index (κ2) is 6.33. The van der Waals surface area contributed by atoms with E-state index in [9.17, 15) is 0 Å². The molecule has 0 bridgehead atoms. The maximum absolute atomic E-state index is 6.33. The Bertz CT molecular complexity index is 273. The van der Waals surface area contributed by atoms with Crippen LogP contribution in [0.2, 0.25) is 18.1 Å². The minimum absolute atomic E-state index is 0.332. The van der Waals surface area contributed by atoms with Gasteiger partial charge in [0.1, 0.15) is 0 Å². The molecule has 0 aromatic rings. The third-order valence-corrected chi connectivity index (χ3v) is 9.24. The molecule has 0 unspecified atom stereocenters. The Balaban J connectivity index is 2.34. The molecule has 0 saturated heterocycles. The van der Waals surface area contributed by atoms with Crippen LogP contribution >= 0.6 is 0 Å². The fourth-order valence-corrected chi connectivity index (χ4v) is 3.34. The molecule has 1 aliphatic carbocycles. The highest BCUT2D eigenvalue weighted by molar-refractivity contribution is 6.74.